The van der Waals surface area contributed by atoms with Crippen LogP contribution < -0.4 is 5.32 Å². The molecule has 1 N–H and O–H groups in total. The van der Waals surface area contributed by atoms with E-state index < -0.39 is 0 Å². The molecule has 0 bridgehead atoms. The van der Waals surface area contributed by atoms with Gasteiger partial charge < -0.3 is 10.2 Å². The summed E-state index contributed by atoms with van der Waals surface area (Å²) >= 11 is 6.31. The number of hydrogen-bond acceptors (Lipinski definition) is 3. The van der Waals surface area contributed by atoms with Crippen LogP contribution in [0.1, 0.15) is 28.3 Å². The molecule has 1 atom stereocenters. The molecule has 0 aliphatic carbocycles. The second-order valence-electron chi connectivity index (χ2n) is 4.94. The average Bonchev–Trinajstić information content (AvgIpc) is 2.76. The van der Waals surface area contributed by atoms with E-state index >= 15 is 0 Å². The van der Waals surface area contributed by atoms with Crippen molar-refractivity contribution in [3.05, 3.63) is 34.3 Å². The van der Waals surface area contributed by atoms with E-state index in [1.807, 2.05) is 12.1 Å². The van der Waals surface area contributed by atoms with E-state index in [1.54, 1.807) is 13.1 Å². The molecule has 0 amide bonds. The molecule has 1 aromatic rings. The topological polar surface area (TPSA) is 32.3 Å². The molecule has 18 heavy (non-hydrogen) atoms. The fourth-order valence-electron chi connectivity index (χ4n) is 2.48. The Morgan fingerprint density at radius 3 is 2.89 bits per heavy atom. The van der Waals surface area contributed by atoms with E-state index in [0.29, 0.717) is 18.0 Å². The lowest BCUT2D eigenvalue weighted by Crippen LogP contribution is -2.18. The van der Waals surface area contributed by atoms with Gasteiger partial charge in [0, 0.05) is 17.1 Å². The Balaban J connectivity index is 2.17. The molecular formula is C14H19ClN2O. The molecule has 4 heteroatoms. The fourth-order valence-corrected chi connectivity index (χ4v) is 2.82. The van der Waals surface area contributed by atoms with Crippen LogP contribution in [0.4, 0.5) is 0 Å². The normalized spacial score (nSPS) is 20.3. The predicted molar refractivity (Wildman–Crippen MR) is 74.6 cm³/mol. The van der Waals surface area contributed by atoms with Gasteiger partial charge in [-0.2, -0.15) is 0 Å². The molecule has 1 heterocycles. The summed E-state index contributed by atoms with van der Waals surface area (Å²) in [4.78, 5) is 14.1. The fraction of sp³-hybridized carbons (Fsp3) is 0.500. The van der Waals surface area contributed by atoms with Crippen LogP contribution in [0.5, 0.6) is 0 Å². The molecule has 3 nitrogen and oxygen atoms in total. The lowest BCUT2D eigenvalue weighted by Gasteiger charge is -2.13. The van der Waals surface area contributed by atoms with E-state index in [-0.39, 0.29) is 5.78 Å². The van der Waals surface area contributed by atoms with Crippen LogP contribution in [0.15, 0.2) is 18.2 Å². The number of nitrogens with one attached hydrogen (secondary N) is 1. The van der Waals surface area contributed by atoms with E-state index in [0.717, 1.165) is 24.5 Å². The van der Waals surface area contributed by atoms with Crippen molar-refractivity contribution >= 4 is 17.4 Å². The molecular weight excluding hydrogens is 248 g/mol. The summed E-state index contributed by atoms with van der Waals surface area (Å²) in [6.45, 7) is 2.51. The third-order valence-electron chi connectivity index (χ3n) is 3.49. The summed E-state index contributed by atoms with van der Waals surface area (Å²) in [5, 5.41) is 3.58. The molecule has 1 aromatic carbocycles. The maximum absolute atomic E-state index is 11.8. The van der Waals surface area contributed by atoms with E-state index in [4.69, 9.17) is 11.6 Å². The van der Waals surface area contributed by atoms with Crippen molar-refractivity contribution in [3.63, 3.8) is 0 Å². The van der Waals surface area contributed by atoms with Gasteiger partial charge in [0.1, 0.15) is 0 Å². The second kappa shape index (κ2) is 5.83. The zero-order valence-electron chi connectivity index (χ0n) is 10.9. The van der Waals surface area contributed by atoms with Gasteiger partial charge in [-0.25, -0.2) is 0 Å². The number of carbonyl (C=O) groups excluding carboxylic acids is 1. The van der Waals surface area contributed by atoms with Crippen molar-refractivity contribution in [1.82, 2.24) is 10.2 Å². The first kappa shape index (κ1) is 13.5. The van der Waals surface area contributed by atoms with Gasteiger partial charge in [-0.05, 0) is 44.6 Å². The van der Waals surface area contributed by atoms with Crippen LogP contribution in [-0.2, 0) is 0 Å². The molecule has 0 radical (unpaired) electrons. The highest BCUT2D eigenvalue weighted by Crippen LogP contribution is 2.32. The number of carbonyl (C=O) groups is 1. The number of ketones is 1. The number of hydrogen-bond donors (Lipinski definition) is 1. The lowest BCUT2D eigenvalue weighted by atomic mass is 9.96. The van der Waals surface area contributed by atoms with Crippen molar-refractivity contribution in [2.45, 2.75) is 12.3 Å². The second-order valence-corrected chi connectivity index (χ2v) is 5.34. The predicted octanol–water partition coefficient (Wildman–Crippen LogP) is 2.16. The minimum atomic E-state index is 0.0782. The van der Waals surface area contributed by atoms with Crippen LogP contribution in [0.2, 0.25) is 5.02 Å². The monoisotopic (exact) mass is 266 g/mol. The Morgan fingerprint density at radius 2 is 2.33 bits per heavy atom. The van der Waals surface area contributed by atoms with E-state index in [1.165, 1.54) is 5.56 Å². The SMILES string of the molecule is CNCC(=O)c1ccc(C2CCN(C)C2)c(Cl)c1. The molecule has 1 fully saturated rings. The maximum Gasteiger partial charge on any atom is 0.176 e. The summed E-state index contributed by atoms with van der Waals surface area (Å²) in [6, 6.07) is 5.70. The number of halogens is 1. The Bertz CT molecular complexity index is 447. The number of benzene rings is 1. The molecule has 1 aliphatic rings. The highest BCUT2D eigenvalue weighted by atomic mass is 35.5. The van der Waals surface area contributed by atoms with Gasteiger partial charge in [0.2, 0.25) is 0 Å². The number of likely N-dealkylation sites (N-methyl/N-ethyl adjacent to an activating group) is 2. The number of Topliss-reactive ketones (excluding diaryl/α,β-unsaturated/α-hetero) is 1. The molecule has 98 valence electrons. The summed E-state index contributed by atoms with van der Waals surface area (Å²) in [7, 11) is 3.89. The summed E-state index contributed by atoms with van der Waals surface area (Å²) in [5.74, 6) is 0.574. The lowest BCUT2D eigenvalue weighted by molar-refractivity contribution is 0.0993. The third-order valence-corrected chi connectivity index (χ3v) is 3.82. The number of rotatable bonds is 4. The highest BCUT2D eigenvalue weighted by Gasteiger charge is 2.23. The Kier molecular flexibility index (Phi) is 4.38. The average molecular weight is 267 g/mol. The third kappa shape index (κ3) is 2.91. The minimum Gasteiger partial charge on any atom is -0.313 e. The van der Waals surface area contributed by atoms with Crippen molar-refractivity contribution in [3.8, 4) is 0 Å². The number of nitrogens with zero attached hydrogens (tertiary/aromatic N) is 1. The molecule has 1 unspecified atom stereocenters. The number of likely N-dealkylation sites (tertiary alicyclic amines) is 1. The summed E-state index contributed by atoms with van der Waals surface area (Å²) in [6.07, 6.45) is 1.14. The van der Waals surface area contributed by atoms with Crippen molar-refractivity contribution in [2.24, 2.45) is 0 Å². The Morgan fingerprint density at radius 1 is 1.56 bits per heavy atom. The summed E-state index contributed by atoms with van der Waals surface area (Å²) in [5.41, 5.74) is 1.85. The largest absolute Gasteiger partial charge is 0.313 e. The molecule has 0 aromatic heterocycles. The van der Waals surface area contributed by atoms with E-state index in [2.05, 4.69) is 17.3 Å². The van der Waals surface area contributed by atoms with Gasteiger partial charge in [0.25, 0.3) is 0 Å². The molecule has 2 rings (SSSR count). The highest BCUT2D eigenvalue weighted by molar-refractivity contribution is 6.31. The molecule has 0 spiro atoms. The first-order chi connectivity index (χ1) is 8.61. The van der Waals surface area contributed by atoms with E-state index in [9.17, 15) is 4.79 Å². The van der Waals surface area contributed by atoms with Gasteiger partial charge in [-0.15, -0.1) is 0 Å². The zero-order valence-corrected chi connectivity index (χ0v) is 11.6. The first-order valence-corrected chi connectivity index (χ1v) is 6.65. The van der Waals surface area contributed by atoms with Crippen molar-refractivity contribution in [2.75, 3.05) is 33.7 Å². The van der Waals surface area contributed by atoms with Crippen LogP contribution in [0.3, 0.4) is 0 Å². The van der Waals surface area contributed by atoms with Crippen LogP contribution in [0.25, 0.3) is 0 Å². The zero-order chi connectivity index (χ0) is 13.1. The Hall–Kier alpha value is -0.900. The standard InChI is InChI=1S/C14H19ClN2O/c1-16-8-14(18)10-3-4-12(13(15)7-10)11-5-6-17(2)9-11/h3-4,7,11,16H,5-6,8-9H2,1-2H3. The van der Waals surface area contributed by atoms with Gasteiger partial charge in [0.05, 0.1) is 6.54 Å². The smallest absolute Gasteiger partial charge is 0.176 e. The molecule has 1 saturated heterocycles. The molecule has 1 aliphatic heterocycles. The molecule has 0 saturated carbocycles. The van der Waals surface area contributed by atoms with Crippen molar-refractivity contribution < 1.29 is 4.79 Å². The summed E-state index contributed by atoms with van der Waals surface area (Å²) < 4.78 is 0. The Labute approximate surface area is 113 Å². The maximum atomic E-state index is 11.8. The minimum absolute atomic E-state index is 0.0782. The van der Waals surface area contributed by atoms with Gasteiger partial charge >= 0.3 is 0 Å². The van der Waals surface area contributed by atoms with Crippen molar-refractivity contribution in [1.29, 1.82) is 0 Å². The van der Waals surface area contributed by atoms with Crippen LogP contribution in [0, 0.1) is 0 Å². The van der Waals surface area contributed by atoms with Gasteiger partial charge in [0.15, 0.2) is 5.78 Å². The van der Waals surface area contributed by atoms with Gasteiger partial charge in [-0.1, -0.05) is 23.7 Å². The quantitative estimate of drug-likeness (QED) is 0.848. The first-order valence-electron chi connectivity index (χ1n) is 6.27. The van der Waals surface area contributed by atoms with Crippen LogP contribution >= 0.6 is 11.6 Å². The van der Waals surface area contributed by atoms with Crippen LogP contribution in [-0.4, -0.2) is 44.4 Å². The van der Waals surface area contributed by atoms with Gasteiger partial charge in [-0.3, -0.25) is 4.79 Å².